The number of hydrogen-bond acceptors (Lipinski definition) is 5. The summed E-state index contributed by atoms with van der Waals surface area (Å²) in [4.78, 5) is 13.5. The molecule has 0 fully saturated rings. The number of ether oxygens (including phenoxy) is 1. The number of thiocarbonyl (C=S) groups is 1. The number of nitrogen functional groups attached to an aromatic ring is 1. The fraction of sp³-hybridized carbons (Fsp3) is 0.310. The molecule has 3 aromatic rings. The summed E-state index contributed by atoms with van der Waals surface area (Å²) in [6, 6.07) is 22.3. The first-order valence-electron chi connectivity index (χ1n) is 11.8. The Labute approximate surface area is 213 Å². The maximum atomic E-state index is 13.0. The molecular formula is C29H34N2O3S. The van der Waals surface area contributed by atoms with Crippen molar-refractivity contribution in [1.82, 2.24) is 5.32 Å². The van der Waals surface area contributed by atoms with Crippen molar-refractivity contribution in [2.24, 2.45) is 0 Å². The molecule has 0 amide bonds. The molecular weight excluding hydrogens is 456 g/mol. The van der Waals surface area contributed by atoms with Crippen LogP contribution in [0.15, 0.2) is 72.8 Å². The van der Waals surface area contributed by atoms with Crippen LogP contribution in [-0.4, -0.2) is 27.7 Å². The number of carbonyl (C=O) groups is 1. The highest BCUT2D eigenvalue weighted by Crippen LogP contribution is 2.19. The van der Waals surface area contributed by atoms with Gasteiger partial charge in [0.25, 0.3) is 0 Å². The third-order valence-corrected chi connectivity index (χ3v) is 5.94. The van der Waals surface area contributed by atoms with Crippen LogP contribution in [0.4, 0.5) is 5.69 Å². The van der Waals surface area contributed by atoms with Crippen LogP contribution in [0.2, 0.25) is 0 Å². The maximum absolute atomic E-state index is 13.0. The standard InChI is InChI=1S/C29H34N2O3S/c1-29(2,3)34-28(33)26(18-12-20-7-5-4-6-8-20)31-27(35)23-14-17-25(30)22(19-23)13-9-21-10-15-24(32)16-11-21/h4-8,10-11,14-17,19,26,32H,9,12-13,18,30H2,1-3H3,(H,31,35)/t26-/m0/s1. The minimum absolute atomic E-state index is 0.249. The van der Waals surface area contributed by atoms with Crippen molar-refractivity contribution in [2.45, 2.75) is 58.1 Å². The molecule has 1 atom stereocenters. The lowest BCUT2D eigenvalue weighted by Gasteiger charge is -2.25. The number of hydrogen-bond donors (Lipinski definition) is 3. The van der Waals surface area contributed by atoms with Crippen LogP contribution in [0.25, 0.3) is 0 Å². The zero-order valence-electron chi connectivity index (χ0n) is 20.6. The fourth-order valence-electron chi connectivity index (χ4n) is 3.72. The van der Waals surface area contributed by atoms with Crippen molar-refractivity contribution >= 4 is 28.9 Å². The first-order chi connectivity index (χ1) is 16.6. The number of esters is 1. The second-order valence-electron chi connectivity index (χ2n) is 9.66. The van der Waals surface area contributed by atoms with Crippen LogP contribution in [0.1, 0.15) is 49.4 Å². The number of carbonyl (C=O) groups excluding carboxylic acids is 1. The number of nitrogens with one attached hydrogen (secondary N) is 1. The second-order valence-corrected chi connectivity index (χ2v) is 10.1. The van der Waals surface area contributed by atoms with E-state index in [9.17, 15) is 9.90 Å². The molecule has 0 aliphatic heterocycles. The Kier molecular flexibility index (Phi) is 8.88. The molecule has 3 aromatic carbocycles. The maximum Gasteiger partial charge on any atom is 0.329 e. The third kappa shape index (κ3) is 8.41. The van der Waals surface area contributed by atoms with Gasteiger partial charge in [0.2, 0.25) is 0 Å². The van der Waals surface area contributed by atoms with Crippen molar-refractivity contribution in [2.75, 3.05) is 5.73 Å². The molecule has 0 saturated heterocycles. The first-order valence-corrected chi connectivity index (χ1v) is 12.3. The molecule has 0 spiro atoms. The first kappa shape index (κ1) is 26.2. The minimum Gasteiger partial charge on any atom is -0.508 e. The molecule has 5 nitrogen and oxygen atoms in total. The molecule has 4 N–H and O–H groups in total. The van der Waals surface area contributed by atoms with E-state index in [1.807, 2.05) is 81.4 Å². The average molecular weight is 491 g/mol. The van der Waals surface area contributed by atoms with Crippen molar-refractivity contribution in [1.29, 1.82) is 0 Å². The Morgan fingerprint density at radius 1 is 0.971 bits per heavy atom. The number of rotatable bonds is 9. The van der Waals surface area contributed by atoms with Crippen molar-refractivity contribution in [3.05, 3.63) is 95.1 Å². The van der Waals surface area contributed by atoms with Crippen LogP contribution >= 0.6 is 12.2 Å². The van der Waals surface area contributed by atoms with E-state index in [4.69, 9.17) is 22.7 Å². The molecule has 3 rings (SSSR count). The summed E-state index contributed by atoms with van der Waals surface area (Å²) < 4.78 is 5.66. The number of anilines is 1. The van der Waals surface area contributed by atoms with Gasteiger partial charge in [-0.05, 0) is 93.5 Å². The lowest BCUT2D eigenvalue weighted by molar-refractivity contribution is -0.157. The van der Waals surface area contributed by atoms with Gasteiger partial charge in [-0.1, -0.05) is 54.7 Å². The predicted molar refractivity (Wildman–Crippen MR) is 146 cm³/mol. The molecule has 0 heterocycles. The SMILES string of the molecule is CC(C)(C)OC(=O)[C@H](CCc1ccccc1)NC(=S)c1ccc(N)c(CCc2ccc(O)cc2)c1. The molecule has 0 radical (unpaired) electrons. The van der Waals surface area contributed by atoms with Gasteiger partial charge in [-0.25, -0.2) is 4.79 Å². The van der Waals surface area contributed by atoms with E-state index in [2.05, 4.69) is 5.32 Å². The summed E-state index contributed by atoms with van der Waals surface area (Å²) in [6.45, 7) is 5.58. The summed E-state index contributed by atoms with van der Waals surface area (Å²) >= 11 is 5.70. The van der Waals surface area contributed by atoms with Gasteiger partial charge in [0.15, 0.2) is 0 Å². The normalized spacial score (nSPS) is 12.1. The number of nitrogens with two attached hydrogens (primary N) is 1. The molecule has 0 aliphatic rings. The summed E-state index contributed by atoms with van der Waals surface area (Å²) in [6.07, 6.45) is 2.80. The molecule has 35 heavy (non-hydrogen) atoms. The number of phenols is 1. The van der Waals surface area contributed by atoms with E-state index in [1.54, 1.807) is 12.1 Å². The molecule has 0 saturated carbocycles. The van der Waals surface area contributed by atoms with Gasteiger partial charge in [-0.2, -0.15) is 0 Å². The van der Waals surface area contributed by atoms with Gasteiger partial charge in [0.05, 0.1) is 0 Å². The molecule has 0 aliphatic carbocycles. The van der Waals surface area contributed by atoms with Gasteiger partial charge in [-0.15, -0.1) is 0 Å². The summed E-state index contributed by atoms with van der Waals surface area (Å²) in [5, 5.41) is 12.7. The summed E-state index contributed by atoms with van der Waals surface area (Å²) in [5.41, 5.74) is 10.4. The van der Waals surface area contributed by atoms with Crippen LogP contribution in [0.3, 0.4) is 0 Å². The van der Waals surface area contributed by atoms with E-state index in [0.717, 1.165) is 41.5 Å². The van der Waals surface area contributed by atoms with E-state index >= 15 is 0 Å². The van der Waals surface area contributed by atoms with E-state index in [-0.39, 0.29) is 11.7 Å². The number of aryl methyl sites for hydroxylation is 3. The number of benzene rings is 3. The van der Waals surface area contributed by atoms with E-state index < -0.39 is 11.6 Å². The highest BCUT2D eigenvalue weighted by molar-refractivity contribution is 7.80. The van der Waals surface area contributed by atoms with Crippen molar-refractivity contribution in [3.63, 3.8) is 0 Å². The fourth-order valence-corrected chi connectivity index (χ4v) is 3.99. The number of phenolic OH excluding ortho intramolecular Hbond substituents is 1. The third-order valence-electron chi connectivity index (χ3n) is 5.59. The lowest BCUT2D eigenvalue weighted by Crippen LogP contribution is -2.44. The quantitative estimate of drug-likeness (QED) is 0.213. The van der Waals surface area contributed by atoms with Gasteiger partial charge < -0.3 is 20.9 Å². The molecule has 0 unspecified atom stereocenters. The van der Waals surface area contributed by atoms with Crippen LogP contribution in [-0.2, 0) is 28.8 Å². The summed E-state index contributed by atoms with van der Waals surface area (Å²) in [5.74, 6) is -0.0720. The van der Waals surface area contributed by atoms with Gasteiger partial charge in [0, 0.05) is 11.3 Å². The van der Waals surface area contributed by atoms with Crippen molar-refractivity contribution < 1.29 is 14.6 Å². The second kappa shape index (κ2) is 11.8. The largest absolute Gasteiger partial charge is 0.508 e. The average Bonchev–Trinajstić information content (AvgIpc) is 2.81. The Hall–Kier alpha value is -3.38. The molecule has 6 heteroatoms. The summed E-state index contributed by atoms with van der Waals surface area (Å²) in [7, 11) is 0. The van der Waals surface area contributed by atoms with Gasteiger partial charge in [-0.3, -0.25) is 0 Å². The molecule has 0 aromatic heterocycles. The monoisotopic (exact) mass is 490 g/mol. The minimum atomic E-state index is -0.589. The molecule has 0 bridgehead atoms. The Bertz CT molecular complexity index is 1140. The van der Waals surface area contributed by atoms with E-state index in [0.29, 0.717) is 17.1 Å². The zero-order valence-corrected chi connectivity index (χ0v) is 21.4. The van der Waals surface area contributed by atoms with Crippen LogP contribution < -0.4 is 11.1 Å². The zero-order chi connectivity index (χ0) is 25.4. The predicted octanol–water partition coefficient (Wildman–Crippen LogP) is 5.37. The smallest absolute Gasteiger partial charge is 0.329 e. The number of aromatic hydroxyl groups is 1. The Morgan fingerprint density at radius 2 is 1.63 bits per heavy atom. The highest BCUT2D eigenvalue weighted by Gasteiger charge is 2.26. The van der Waals surface area contributed by atoms with Gasteiger partial charge >= 0.3 is 5.97 Å². The van der Waals surface area contributed by atoms with Gasteiger partial charge in [0.1, 0.15) is 22.4 Å². The topological polar surface area (TPSA) is 84.6 Å². The van der Waals surface area contributed by atoms with Crippen LogP contribution in [0.5, 0.6) is 5.75 Å². The molecule has 184 valence electrons. The lowest BCUT2D eigenvalue weighted by atomic mass is 10.00. The Morgan fingerprint density at radius 3 is 2.29 bits per heavy atom. The van der Waals surface area contributed by atoms with Crippen LogP contribution in [0, 0.1) is 0 Å². The highest BCUT2D eigenvalue weighted by atomic mass is 32.1. The van der Waals surface area contributed by atoms with Crippen molar-refractivity contribution in [3.8, 4) is 5.75 Å². The Balaban J connectivity index is 1.71. The van der Waals surface area contributed by atoms with E-state index in [1.165, 1.54) is 0 Å².